The van der Waals surface area contributed by atoms with Gasteiger partial charge in [-0.15, -0.1) is 11.3 Å². The molecule has 0 aromatic carbocycles. The second kappa shape index (κ2) is 5.75. The smallest absolute Gasteiger partial charge is 0.185 e. The Morgan fingerprint density at radius 3 is 2.84 bits per heavy atom. The topological polar surface area (TPSA) is 54.6 Å². The van der Waals surface area contributed by atoms with E-state index in [4.69, 9.17) is 10.5 Å². The molecule has 0 aliphatic carbocycles. The molecule has 2 aliphatic heterocycles. The van der Waals surface area contributed by atoms with Crippen molar-refractivity contribution in [1.82, 2.24) is 9.88 Å². The van der Waals surface area contributed by atoms with E-state index in [9.17, 15) is 0 Å². The van der Waals surface area contributed by atoms with Crippen molar-refractivity contribution in [2.75, 3.05) is 44.3 Å². The summed E-state index contributed by atoms with van der Waals surface area (Å²) >= 11 is 1.72. The molecular weight excluding hydrogens is 260 g/mol. The third-order valence-electron chi connectivity index (χ3n) is 3.90. The van der Waals surface area contributed by atoms with E-state index in [0.29, 0.717) is 6.04 Å². The fraction of sp³-hybridized carbons (Fsp3) is 0.769. The number of rotatable bonds is 2. The van der Waals surface area contributed by atoms with Crippen molar-refractivity contribution in [1.29, 1.82) is 0 Å². The molecule has 2 unspecified atom stereocenters. The van der Waals surface area contributed by atoms with Crippen LogP contribution in [-0.2, 0) is 4.74 Å². The van der Waals surface area contributed by atoms with Crippen LogP contribution < -0.4 is 10.6 Å². The van der Waals surface area contributed by atoms with Crippen molar-refractivity contribution in [3.63, 3.8) is 0 Å². The fourth-order valence-corrected chi connectivity index (χ4v) is 3.78. The molecule has 0 bridgehead atoms. The summed E-state index contributed by atoms with van der Waals surface area (Å²) < 4.78 is 5.44. The van der Waals surface area contributed by atoms with Gasteiger partial charge in [0.05, 0.1) is 18.9 Å². The third-order valence-corrected chi connectivity index (χ3v) is 4.92. The lowest BCUT2D eigenvalue weighted by Gasteiger charge is -2.43. The average Bonchev–Trinajstić information content (AvgIpc) is 2.86. The standard InChI is InChI=1S/C13H22N4OS/c1-10-9-19-13(15-10)17-7-11(14)6-12(8-17)16-2-4-18-5-3-16/h9,11-12H,2-8,14H2,1H3. The first-order valence-corrected chi connectivity index (χ1v) is 7.85. The Hall–Kier alpha value is -0.690. The Kier molecular flexibility index (Phi) is 4.02. The van der Waals surface area contributed by atoms with Crippen LogP contribution in [0.15, 0.2) is 5.38 Å². The number of aromatic nitrogens is 1. The predicted molar refractivity (Wildman–Crippen MR) is 77.8 cm³/mol. The van der Waals surface area contributed by atoms with Crippen LogP contribution >= 0.6 is 11.3 Å². The zero-order chi connectivity index (χ0) is 13.2. The average molecular weight is 282 g/mol. The maximum Gasteiger partial charge on any atom is 0.185 e. The van der Waals surface area contributed by atoms with Gasteiger partial charge >= 0.3 is 0 Å². The van der Waals surface area contributed by atoms with Crippen LogP contribution in [0.1, 0.15) is 12.1 Å². The number of morpholine rings is 1. The molecule has 5 nitrogen and oxygen atoms in total. The zero-order valence-corrected chi connectivity index (χ0v) is 12.2. The summed E-state index contributed by atoms with van der Waals surface area (Å²) in [6, 6.07) is 0.780. The second-order valence-electron chi connectivity index (χ2n) is 5.47. The Labute approximate surface area is 118 Å². The Morgan fingerprint density at radius 2 is 2.16 bits per heavy atom. The molecule has 6 heteroatoms. The molecule has 2 atom stereocenters. The van der Waals surface area contributed by atoms with E-state index >= 15 is 0 Å². The van der Waals surface area contributed by atoms with Gasteiger partial charge in [0.2, 0.25) is 0 Å². The van der Waals surface area contributed by atoms with Gasteiger partial charge in [-0.25, -0.2) is 4.98 Å². The molecule has 1 aromatic heterocycles. The first-order valence-electron chi connectivity index (χ1n) is 6.97. The first-order chi connectivity index (χ1) is 9.22. The van der Waals surface area contributed by atoms with Crippen molar-refractivity contribution in [3.05, 3.63) is 11.1 Å². The Morgan fingerprint density at radius 1 is 1.37 bits per heavy atom. The van der Waals surface area contributed by atoms with Gasteiger partial charge in [0.25, 0.3) is 0 Å². The first kappa shape index (κ1) is 13.3. The maximum absolute atomic E-state index is 6.24. The number of aryl methyl sites for hydroxylation is 1. The molecule has 3 heterocycles. The quantitative estimate of drug-likeness (QED) is 0.865. The molecule has 1 aromatic rings. The molecule has 2 saturated heterocycles. The molecule has 106 valence electrons. The number of nitrogens with two attached hydrogens (primary N) is 1. The van der Waals surface area contributed by atoms with Gasteiger partial charge in [0.1, 0.15) is 0 Å². The van der Waals surface area contributed by atoms with Gasteiger partial charge in [-0.3, -0.25) is 4.90 Å². The SMILES string of the molecule is Cc1csc(N2CC(N)CC(N3CCOCC3)C2)n1. The summed E-state index contributed by atoms with van der Waals surface area (Å²) in [6.07, 6.45) is 1.08. The third kappa shape index (κ3) is 3.08. The van der Waals surface area contributed by atoms with Gasteiger partial charge in [-0.1, -0.05) is 0 Å². The fourth-order valence-electron chi connectivity index (χ4n) is 2.96. The lowest BCUT2D eigenvalue weighted by atomic mass is 10.00. The predicted octanol–water partition coefficient (Wildman–Crippen LogP) is 0.690. The van der Waals surface area contributed by atoms with E-state index in [1.807, 2.05) is 6.92 Å². The van der Waals surface area contributed by atoms with Crippen LogP contribution in [0.4, 0.5) is 5.13 Å². The summed E-state index contributed by atoms with van der Waals surface area (Å²) in [5.74, 6) is 0. The number of thiazole rings is 1. The molecule has 2 N–H and O–H groups in total. The molecule has 0 spiro atoms. The molecule has 0 saturated carbocycles. The Bertz CT molecular complexity index is 419. The number of nitrogens with zero attached hydrogens (tertiary/aromatic N) is 3. The minimum Gasteiger partial charge on any atom is -0.379 e. The largest absolute Gasteiger partial charge is 0.379 e. The Balaban J connectivity index is 1.69. The minimum absolute atomic E-state index is 0.241. The van der Waals surface area contributed by atoms with Gasteiger partial charge < -0.3 is 15.4 Å². The van der Waals surface area contributed by atoms with Gasteiger partial charge in [-0.05, 0) is 13.3 Å². The van der Waals surface area contributed by atoms with Gasteiger partial charge in [-0.2, -0.15) is 0 Å². The number of ether oxygens (including phenoxy) is 1. The van der Waals surface area contributed by atoms with Crippen LogP contribution in [0, 0.1) is 6.92 Å². The molecule has 0 amide bonds. The summed E-state index contributed by atoms with van der Waals surface area (Å²) in [6.45, 7) is 7.77. The summed E-state index contributed by atoms with van der Waals surface area (Å²) in [7, 11) is 0. The molecule has 2 aliphatic rings. The minimum atomic E-state index is 0.241. The van der Waals surface area contributed by atoms with Crippen molar-refractivity contribution < 1.29 is 4.74 Å². The van der Waals surface area contributed by atoms with E-state index in [2.05, 4.69) is 20.2 Å². The number of hydrogen-bond donors (Lipinski definition) is 1. The van der Waals surface area contributed by atoms with E-state index in [1.165, 1.54) is 0 Å². The molecule has 3 rings (SSSR count). The van der Waals surface area contributed by atoms with Crippen molar-refractivity contribution in [2.24, 2.45) is 5.73 Å². The highest BCUT2D eigenvalue weighted by Gasteiger charge is 2.31. The normalized spacial score (nSPS) is 29.7. The van der Waals surface area contributed by atoms with Crippen molar-refractivity contribution >= 4 is 16.5 Å². The van der Waals surface area contributed by atoms with Gasteiger partial charge in [0, 0.05) is 43.6 Å². The number of anilines is 1. The summed E-state index contributed by atoms with van der Waals surface area (Å²) in [4.78, 5) is 9.47. The monoisotopic (exact) mass is 282 g/mol. The van der Waals surface area contributed by atoms with E-state index in [1.54, 1.807) is 11.3 Å². The van der Waals surface area contributed by atoms with E-state index < -0.39 is 0 Å². The summed E-state index contributed by atoms with van der Waals surface area (Å²) in [5.41, 5.74) is 7.34. The molecule has 19 heavy (non-hydrogen) atoms. The summed E-state index contributed by atoms with van der Waals surface area (Å²) in [5, 5.41) is 3.23. The van der Waals surface area contributed by atoms with Crippen LogP contribution in [0.2, 0.25) is 0 Å². The molecule has 2 fully saturated rings. The van der Waals surface area contributed by atoms with E-state index in [0.717, 1.165) is 56.6 Å². The molecular formula is C13H22N4OS. The second-order valence-corrected chi connectivity index (χ2v) is 6.31. The molecule has 0 radical (unpaired) electrons. The van der Waals surface area contributed by atoms with Gasteiger partial charge in [0.15, 0.2) is 5.13 Å². The lowest BCUT2D eigenvalue weighted by Crippen LogP contribution is -2.57. The highest BCUT2D eigenvalue weighted by atomic mass is 32.1. The van der Waals surface area contributed by atoms with Crippen molar-refractivity contribution in [2.45, 2.75) is 25.4 Å². The highest BCUT2D eigenvalue weighted by molar-refractivity contribution is 7.13. The lowest BCUT2D eigenvalue weighted by molar-refractivity contribution is 0.0124. The highest BCUT2D eigenvalue weighted by Crippen LogP contribution is 2.25. The maximum atomic E-state index is 6.24. The van der Waals surface area contributed by atoms with E-state index in [-0.39, 0.29) is 6.04 Å². The van der Waals surface area contributed by atoms with Crippen LogP contribution in [0.3, 0.4) is 0 Å². The van der Waals surface area contributed by atoms with Crippen LogP contribution in [0.5, 0.6) is 0 Å². The van der Waals surface area contributed by atoms with Crippen LogP contribution in [0.25, 0.3) is 0 Å². The van der Waals surface area contributed by atoms with Crippen molar-refractivity contribution in [3.8, 4) is 0 Å². The zero-order valence-electron chi connectivity index (χ0n) is 11.4. The number of piperidine rings is 1. The number of hydrogen-bond acceptors (Lipinski definition) is 6. The van der Waals surface area contributed by atoms with Crippen LogP contribution in [-0.4, -0.2) is 61.4 Å².